The normalized spacial score (nSPS) is 12.9. The van der Waals surface area contributed by atoms with E-state index in [4.69, 9.17) is 0 Å². The number of hydrogen-bond donors (Lipinski definition) is 1. The molecule has 4 nitrogen and oxygen atoms in total. The van der Waals surface area contributed by atoms with Crippen molar-refractivity contribution in [1.29, 1.82) is 0 Å². The van der Waals surface area contributed by atoms with Crippen LogP contribution in [0.4, 0.5) is 0 Å². The lowest BCUT2D eigenvalue weighted by Gasteiger charge is -2.07. The molecule has 1 atom stereocenters. The first kappa shape index (κ1) is 11.9. The molecule has 0 aliphatic heterocycles. The molecule has 0 radical (unpaired) electrons. The number of aromatic nitrogens is 3. The maximum atomic E-state index is 4.17. The second kappa shape index (κ2) is 5.19. The molecular weight excluding hydrogens is 212 g/mol. The molecule has 0 saturated heterocycles. The van der Waals surface area contributed by atoms with Crippen LogP contribution in [0.15, 0.2) is 30.7 Å². The van der Waals surface area contributed by atoms with Crippen LogP contribution < -0.4 is 5.32 Å². The number of nitrogens with zero attached hydrogens (tertiary/aromatic N) is 3. The number of rotatable bonds is 5. The fourth-order valence-corrected chi connectivity index (χ4v) is 1.91. The van der Waals surface area contributed by atoms with Gasteiger partial charge in [-0.2, -0.15) is 5.10 Å². The molecule has 0 spiro atoms. The molecule has 17 heavy (non-hydrogen) atoms. The molecule has 0 aliphatic rings. The van der Waals surface area contributed by atoms with Crippen molar-refractivity contribution in [2.24, 2.45) is 7.05 Å². The predicted octanol–water partition coefficient (Wildman–Crippen LogP) is 1.74. The summed E-state index contributed by atoms with van der Waals surface area (Å²) >= 11 is 0. The SMILES string of the molecule is CNC(C)c1ccn(CCc2ccnn2C)c1. The van der Waals surface area contributed by atoms with E-state index < -0.39 is 0 Å². The van der Waals surface area contributed by atoms with Gasteiger partial charge in [-0.15, -0.1) is 0 Å². The summed E-state index contributed by atoms with van der Waals surface area (Å²) in [6.45, 7) is 3.16. The van der Waals surface area contributed by atoms with Gasteiger partial charge in [0.05, 0.1) is 0 Å². The van der Waals surface area contributed by atoms with Crippen LogP contribution in [0, 0.1) is 0 Å². The predicted molar refractivity (Wildman–Crippen MR) is 68.8 cm³/mol. The van der Waals surface area contributed by atoms with Crippen molar-refractivity contribution in [2.45, 2.75) is 25.9 Å². The van der Waals surface area contributed by atoms with Crippen molar-refractivity contribution in [1.82, 2.24) is 19.7 Å². The average molecular weight is 232 g/mol. The van der Waals surface area contributed by atoms with Crippen molar-refractivity contribution < 1.29 is 0 Å². The summed E-state index contributed by atoms with van der Waals surface area (Å²) < 4.78 is 4.16. The van der Waals surface area contributed by atoms with Crippen molar-refractivity contribution in [3.63, 3.8) is 0 Å². The lowest BCUT2D eigenvalue weighted by atomic mass is 10.2. The molecule has 4 heteroatoms. The van der Waals surface area contributed by atoms with Gasteiger partial charge in [-0.1, -0.05) is 0 Å². The van der Waals surface area contributed by atoms with Gasteiger partial charge < -0.3 is 9.88 Å². The summed E-state index contributed by atoms with van der Waals surface area (Å²) in [5.41, 5.74) is 2.60. The monoisotopic (exact) mass is 232 g/mol. The summed E-state index contributed by atoms with van der Waals surface area (Å²) in [6.07, 6.45) is 7.20. The molecule has 0 aromatic carbocycles. The van der Waals surface area contributed by atoms with Crippen LogP contribution in [0.5, 0.6) is 0 Å². The van der Waals surface area contributed by atoms with Crippen molar-refractivity contribution in [3.05, 3.63) is 42.0 Å². The Kier molecular flexibility index (Phi) is 3.64. The molecule has 0 amide bonds. The Morgan fingerprint density at radius 1 is 1.41 bits per heavy atom. The first-order chi connectivity index (χ1) is 8.20. The van der Waals surface area contributed by atoms with Crippen LogP contribution in [-0.4, -0.2) is 21.4 Å². The fourth-order valence-electron chi connectivity index (χ4n) is 1.91. The Hall–Kier alpha value is -1.55. The second-order valence-electron chi connectivity index (χ2n) is 4.39. The molecular formula is C13H20N4. The molecule has 2 heterocycles. The average Bonchev–Trinajstić information content (AvgIpc) is 2.94. The van der Waals surface area contributed by atoms with E-state index in [0.29, 0.717) is 6.04 Å². The Bertz CT molecular complexity index is 469. The van der Waals surface area contributed by atoms with Gasteiger partial charge in [0, 0.05) is 50.3 Å². The van der Waals surface area contributed by atoms with Crippen LogP contribution in [0.1, 0.15) is 24.2 Å². The third kappa shape index (κ3) is 2.77. The van der Waals surface area contributed by atoms with Crippen LogP contribution in [0.25, 0.3) is 0 Å². The highest BCUT2D eigenvalue weighted by Gasteiger charge is 2.04. The quantitative estimate of drug-likeness (QED) is 0.852. The maximum Gasteiger partial charge on any atom is 0.0492 e. The second-order valence-corrected chi connectivity index (χ2v) is 4.39. The van der Waals surface area contributed by atoms with Gasteiger partial charge in [-0.05, 0) is 31.7 Å². The molecule has 0 saturated carbocycles. The smallest absolute Gasteiger partial charge is 0.0492 e. The maximum absolute atomic E-state index is 4.17. The highest BCUT2D eigenvalue weighted by atomic mass is 15.3. The minimum Gasteiger partial charge on any atom is -0.354 e. The summed E-state index contributed by atoms with van der Waals surface area (Å²) in [5, 5.41) is 7.42. The molecule has 0 aliphatic carbocycles. The zero-order valence-electron chi connectivity index (χ0n) is 10.7. The zero-order valence-corrected chi connectivity index (χ0v) is 10.7. The van der Waals surface area contributed by atoms with Crippen LogP contribution >= 0.6 is 0 Å². The zero-order chi connectivity index (χ0) is 12.3. The van der Waals surface area contributed by atoms with Crippen LogP contribution in [0.3, 0.4) is 0 Å². The number of hydrogen-bond acceptors (Lipinski definition) is 2. The molecule has 0 fully saturated rings. The molecule has 1 unspecified atom stereocenters. The Labute approximate surface area is 102 Å². The van der Waals surface area contributed by atoms with E-state index in [2.05, 4.69) is 46.4 Å². The van der Waals surface area contributed by atoms with E-state index in [0.717, 1.165) is 13.0 Å². The third-order valence-electron chi connectivity index (χ3n) is 3.25. The largest absolute Gasteiger partial charge is 0.354 e. The van der Waals surface area contributed by atoms with Crippen molar-refractivity contribution in [2.75, 3.05) is 7.05 Å². The first-order valence-corrected chi connectivity index (χ1v) is 6.00. The number of aryl methyl sites for hydroxylation is 3. The van der Waals surface area contributed by atoms with Crippen molar-refractivity contribution >= 4 is 0 Å². The minimum atomic E-state index is 0.410. The standard InChI is InChI=1S/C13H20N4/c1-11(14-2)12-5-8-17(10-12)9-6-13-4-7-15-16(13)3/h4-5,7-8,10-11,14H,6,9H2,1-3H3. The Balaban J connectivity index is 1.96. The molecule has 2 aromatic rings. The van der Waals surface area contributed by atoms with Gasteiger partial charge in [0.2, 0.25) is 0 Å². The fraction of sp³-hybridized carbons (Fsp3) is 0.462. The van der Waals surface area contributed by atoms with E-state index in [9.17, 15) is 0 Å². The minimum absolute atomic E-state index is 0.410. The summed E-state index contributed by atoms with van der Waals surface area (Å²) in [7, 11) is 3.97. The molecule has 92 valence electrons. The molecule has 0 bridgehead atoms. The van der Waals surface area contributed by atoms with Crippen LogP contribution in [-0.2, 0) is 20.0 Å². The van der Waals surface area contributed by atoms with Gasteiger partial charge in [0.1, 0.15) is 0 Å². The van der Waals surface area contributed by atoms with Gasteiger partial charge >= 0.3 is 0 Å². The molecule has 2 aromatic heterocycles. The summed E-state index contributed by atoms with van der Waals surface area (Å²) in [6, 6.07) is 4.65. The van der Waals surface area contributed by atoms with E-state index in [-0.39, 0.29) is 0 Å². The van der Waals surface area contributed by atoms with Gasteiger partial charge in [0.25, 0.3) is 0 Å². The highest BCUT2D eigenvalue weighted by molar-refractivity contribution is 5.14. The van der Waals surface area contributed by atoms with Gasteiger partial charge in [-0.25, -0.2) is 0 Å². The molecule has 1 N–H and O–H groups in total. The van der Waals surface area contributed by atoms with E-state index in [1.807, 2.05) is 25.0 Å². The lowest BCUT2D eigenvalue weighted by Crippen LogP contribution is -2.11. The summed E-state index contributed by atoms with van der Waals surface area (Å²) in [5.74, 6) is 0. The topological polar surface area (TPSA) is 34.8 Å². The Morgan fingerprint density at radius 2 is 2.24 bits per heavy atom. The van der Waals surface area contributed by atoms with Crippen LogP contribution in [0.2, 0.25) is 0 Å². The number of nitrogens with one attached hydrogen (secondary N) is 1. The highest BCUT2D eigenvalue weighted by Crippen LogP contribution is 2.12. The lowest BCUT2D eigenvalue weighted by molar-refractivity contribution is 0.626. The van der Waals surface area contributed by atoms with Gasteiger partial charge in [0.15, 0.2) is 0 Å². The van der Waals surface area contributed by atoms with Crippen molar-refractivity contribution in [3.8, 4) is 0 Å². The first-order valence-electron chi connectivity index (χ1n) is 6.00. The Morgan fingerprint density at radius 3 is 2.88 bits per heavy atom. The molecule has 2 rings (SSSR count). The van der Waals surface area contributed by atoms with E-state index in [1.54, 1.807) is 0 Å². The van der Waals surface area contributed by atoms with E-state index >= 15 is 0 Å². The summed E-state index contributed by atoms with van der Waals surface area (Å²) in [4.78, 5) is 0. The van der Waals surface area contributed by atoms with Gasteiger partial charge in [-0.3, -0.25) is 4.68 Å². The van der Waals surface area contributed by atoms with E-state index in [1.165, 1.54) is 11.3 Å². The third-order valence-corrected chi connectivity index (χ3v) is 3.25.